The largest absolute Gasteiger partial charge is 0.376 e. The van der Waals surface area contributed by atoms with Gasteiger partial charge < -0.3 is 4.74 Å². The molecule has 2 aromatic rings. The first-order chi connectivity index (χ1) is 11.4. The van der Waals surface area contributed by atoms with Gasteiger partial charge in [-0.15, -0.1) is 0 Å². The summed E-state index contributed by atoms with van der Waals surface area (Å²) in [5, 5.41) is 0. The van der Waals surface area contributed by atoms with Crippen molar-refractivity contribution in [1.82, 2.24) is 4.72 Å². The Balaban J connectivity index is 1.66. The van der Waals surface area contributed by atoms with E-state index in [4.69, 9.17) is 4.74 Å². The van der Waals surface area contributed by atoms with Gasteiger partial charge >= 0.3 is 0 Å². The number of nitrogens with one attached hydrogen (secondary N) is 1. The first-order valence-electron chi connectivity index (χ1n) is 8.06. The van der Waals surface area contributed by atoms with Gasteiger partial charge in [0.15, 0.2) is 0 Å². The molecule has 1 aliphatic rings. The summed E-state index contributed by atoms with van der Waals surface area (Å²) in [5.74, 6) is -0.0139. The average Bonchev–Trinajstić information content (AvgIpc) is 2.94. The summed E-state index contributed by atoms with van der Waals surface area (Å²) in [4.78, 5) is 0. The molecule has 5 heteroatoms. The topological polar surface area (TPSA) is 55.4 Å². The molecular formula is C19H23NO3S. The summed E-state index contributed by atoms with van der Waals surface area (Å²) in [6, 6.07) is 15.7. The highest BCUT2D eigenvalue weighted by atomic mass is 32.2. The molecule has 0 unspecified atom stereocenters. The highest BCUT2D eigenvalue weighted by Crippen LogP contribution is 2.32. The summed E-state index contributed by atoms with van der Waals surface area (Å²) in [6.45, 7) is 2.27. The van der Waals surface area contributed by atoms with E-state index in [9.17, 15) is 8.42 Å². The molecule has 4 nitrogen and oxygen atoms in total. The number of fused-ring (bicyclic) bond motifs is 1. The Morgan fingerprint density at radius 3 is 2.17 bits per heavy atom. The van der Waals surface area contributed by atoms with E-state index in [1.807, 2.05) is 43.3 Å². The third-order valence-electron chi connectivity index (χ3n) is 4.67. The van der Waals surface area contributed by atoms with Gasteiger partial charge in [0.25, 0.3) is 0 Å². The number of hydrogen-bond donors (Lipinski definition) is 1. The summed E-state index contributed by atoms with van der Waals surface area (Å²) in [5.41, 5.74) is 3.87. The van der Waals surface area contributed by atoms with Crippen molar-refractivity contribution < 1.29 is 13.2 Å². The van der Waals surface area contributed by atoms with Crippen molar-refractivity contribution in [2.45, 2.75) is 31.1 Å². The highest BCUT2D eigenvalue weighted by Gasteiger charge is 2.38. The van der Waals surface area contributed by atoms with Gasteiger partial charge in [-0.05, 0) is 23.6 Å². The van der Waals surface area contributed by atoms with E-state index in [1.54, 1.807) is 7.11 Å². The molecule has 0 heterocycles. The first-order valence-corrected chi connectivity index (χ1v) is 9.71. The van der Waals surface area contributed by atoms with Gasteiger partial charge in [-0.1, -0.05) is 54.1 Å². The Labute approximate surface area is 143 Å². The van der Waals surface area contributed by atoms with Crippen LogP contribution in [0.3, 0.4) is 0 Å². The second-order valence-corrected chi connectivity index (χ2v) is 8.38. The van der Waals surface area contributed by atoms with Crippen molar-refractivity contribution in [3.63, 3.8) is 0 Å². The number of benzene rings is 2. The van der Waals surface area contributed by atoms with Gasteiger partial charge in [0.05, 0.1) is 11.4 Å². The van der Waals surface area contributed by atoms with Crippen molar-refractivity contribution in [2.75, 3.05) is 13.7 Å². The average molecular weight is 345 g/mol. The lowest BCUT2D eigenvalue weighted by atomic mass is 10.0. The first kappa shape index (κ1) is 17.1. The Hall–Kier alpha value is -1.69. The lowest BCUT2D eigenvalue weighted by Gasteiger charge is -2.27. The summed E-state index contributed by atoms with van der Waals surface area (Å²) >= 11 is 0. The standard InChI is InChI=1S/C19H23NO3S/c1-15-7-9-16(10-8-15)13-24(21,22)20-14-19(23-2)11-17-5-3-4-6-18(17)12-19/h3-10,20H,11-14H2,1-2H3. The molecule has 0 fully saturated rings. The molecule has 0 spiro atoms. The van der Waals surface area contributed by atoms with Crippen LogP contribution in [0.4, 0.5) is 0 Å². The second-order valence-electron chi connectivity index (χ2n) is 6.58. The van der Waals surface area contributed by atoms with Crippen molar-refractivity contribution in [1.29, 1.82) is 0 Å². The van der Waals surface area contributed by atoms with Gasteiger partial charge in [0, 0.05) is 26.5 Å². The quantitative estimate of drug-likeness (QED) is 0.875. The summed E-state index contributed by atoms with van der Waals surface area (Å²) < 4.78 is 33.3. The zero-order valence-corrected chi connectivity index (χ0v) is 14.9. The second kappa shape index (κ2) is 6.67. The van der Waals surface area contributed by atoms with Crippen molar-refractivity contribution in [2.24, 2.45) is 0 Å². The molecule has 24 heavy (non-hydrogen) atoms. The number of sulfonamides is 1. The fourth-order valence-electron chi connectivity index (χ4n) is 3.20. The molecule has 0 saturated carbocycles. The number of rotatable bonds is 6. The molecule has 1 N–H and O–H groups in total. The van der Waals surface area contributed by atoms with Gasteiger partial charge in [0.2, 0.25) is 10.0 Å². The van der Waals surface area contributed by atoms with E-state index in [-0.39, 0.29) is 12.3 Å². The molecule has 0 radical (unpaired) electrons. The minimum Gasteiger partial charge on any atom is -0.376 e. The SMILES string of the molecule is COC1(CNS(=O)(=O)Cc2ccc(C)cc2)Cc2ccccc2C1. The van der Waals surface area contributed by atoms with Gasteiger partial charge in [0.1, 0.15) is 0 Å². The lowest BCUT2D eigenvalue weighted by molar-refractivity contribution is 0.00377. The van der Waals surface area contributed by atoms with E-state index in [0.29, 0.717) is 0 Å². The van der Waals surface area contributed by atoms with Crippen LogP contribution in [0.15, 0.2) is 48.5 Å². The third-order valence-corrected chi connectivity index (χ3v) is 5.97. The van der Waals surface area contributed by atoms with Crippen LogP contribution >= 0.6 is 0 Å². The normalized spacial score (nSPS) is 16.1. The summed E-state index contributed by atoms with van der Waals surface area (Å²) in [6.07, 6.45) is 1.46. The molecule has 0 aromatic heterocycles. The molecule has 128 valence electrons. The molecule has 0 amide bonds. The van der Waals surface area contributed by atoms with Crippen molar-refractivity contribution >= 4 is 10.0 Å². The van der Waals surface area contributed by atoms with E-state index in [1.165, 1.54) is 11.1 Å². The van der Waals surface area contributed by atoms with Gasteiger partial charge in [-0.25, -0.2) is 13.1 Å². The molecule has 3 rings (SSSR count). The predicted molar refractivity (Wildman–Crippen MR) is 95.4 cm³/mol. The maximum atomic E-state index is 12.4. The van der Waals surface area contributed by atoms with Crippen LogP contribution in [0.1, 0.15) is 22.3 Å². The predicted octanol–water partition coefficient (Wildman–Crippen LogP) is 2.60. The number of ether oxygens (including phenoxy) is 1. The smallest absolute Gasteiger partial charge is 0.215 e. The minimum absolute atomic E-state index is 0.0139. The van der Waals surface area contributed by atoms with Crippen LogP contribution in [0.25, 0.3) is 0 Å². The Morgan fingerprint density at radius 2 is 1.62 bits per heavy atom. The zero-order valence-electron chi connectivity index (χ0n) is 14.1. The summed E-state index contributed by atoms with van der Waals surface area (Å²) in [7, 11) is -1.75. The number of aryl methyl sites for hydroxylation is 1. The van der Waals surface area contributed by atoms with Crippen molar-refractivity contribution in [3.05, 3.63) is 70.8 Å². The molecule has 0 aliphatic heterocycles. The highest BCUT2D eigenvalue weighted by molar-refractivity contribution is 7.88. The minimum atomic E-state index is -3.40. The molecule has 0 atom stereocenters. The fourth-order valence-corrected chi connectivity index (χ4v) is 4.41. The number of methoxy groups -OCH3 is 1. The third kappa shape index (κ3) is 3.86. The van der Waals surface area contributed by atoms with Crippen LogP contribution in [-0.4, -0.2) is 27.7 Å². The Bertz CT molecular complexity index is 788. The number of hydrogen-bond acceptors (Lipinski definition) is 3. The lowest BCUT2D eigenvalue weighted by Crippen LogP contribution is -2.45. The van der Waals surface area contributed by atoms with Gasteiger partial charge in [-0.2, -0.15) is 0 Å². The molecule has 1 aliphatic carbocycles. The van der Waals surface area contributed by atoms with Crippen LogP contribution in [-0.2, 0) is 33.4 Å². The van der Waals surface area contributed by atoms with E-state index < -0.39 is 15.6 Å². The maximum absolute atomic E-state index is 12.4. The zero-order chi connectivity index (χ0) is 17.2. The van der Waals surface area contributed by atoms with Crippen LogP contribution < -0.4 is 4.72 Å². The van der Waals surface area contributed by atoms with Crippen molar-refractivity contribution in [3.8, 4) is 0 Å². The molecule has 0 saturated heterocycles. The van der Waals surface area contributed by atoms with Gasteiger partial charge in [-0.3, -0.25) is 0 Å². The Morgan fingerprint density at radius 1 is 1.04 bits per heavy atom. The van der Waals surface area contributed by atoms with E-state index in [2.05, 4.69) is 16.9 Å². The Kier molecular flexibility index (Phi) is 4.76. The fraction of sp³-hybridized carbons (Fsp3) is 0.368. The van der Waals surface area contributed by atoms with E-state index in [0.717, 1.165) is 24.0 Å². The molecule has 0 bridgehead atoms. The van der Waals surface area contributed by atoms with Crippen LogP contribution in [0.2, 0.25) is 0 Å². The van der Waals surface area contributed by atoms with E-state index >= 15 is 0 Å². The monoisotopic (exact) mass is 345 g/mol. The molecular weight excluding hydrogens is 322 g/mol. The van der Waals surface area contributed by atoms with Crippen LogP contribution in [0, 0.1) is 6.92 Å². The maximum Gasteiger partial charge on any atom is 0.215 e. The van der Waals surface area contributed by atoms with Crippen LogP contribution in [0.5, 0.6) is 0 Å². The molecule has 2 aromatic carbocycles.